The predicted molar refractivity (Wildman–Crippen MR) is 107 cm³/mol. The van der Waals surface area contributed by atoms with Crippen molar-refractivity contribution in [2.24, 2.45) is 34.5 Å². The van der Waals surface area contributed by atoms with Gasteiger partial charge < -0.3 is 10.6 Å². The van der Waals surface area contributed by atoms with Gasteiger partial charge in [-0.25, -0.2) is 0 Å². The van der Waals surface area contributed by atoms with Crippen molar-refractivity contribution in [3.05, 3.63) is 12.2 Å². The highest BCUT2D eigenvalue weighted by Gasteiger charge is 2.60. The number of fused-ring (bicyclic) bond motifs is 5. The van der Waals surface area contributed by atoms with Gasteiger partial charge in [-0.3, -0.25) is 9.59 Å². The van der Waals surface area contributed by atoms with E-state index in [9.17, 15) is 22.8 Å². The molecule has 0 radical (unpaired) electrons. The van der Waals surface area contributed by atoms with Crippen LogP contribution in [0.3, 0.4) is 0 Å². The number of carbonyl (C=O) groups excluding carboxylic acids is 2. The van der Waals surface area contributed by atoms with Crippen LogP contribution in [0.4, 0.5) is 13.2 Å². The Morgan fingerprint density at radius 1 is 1.20 bits per heavy atom. The van der Waals surface area contributed by atoms with Gasteiger partial charge in [0.25, 0.3) is 0 Å². The van der Waals surface area contributed by atoms with Crippen molar-refractivity contribution >= 4 is 11.8 Å². The van der Waals surface area contributed by atoms with Gasteiger partial charge in [0.1, 0.15) is 0 Å². The molecule has 3 saturated carbocycles. The maximum atomic E-state index is 13.0. The Labute approximate surface area is 176 Å². The Bertz CT molecular complexity index is 751. The molecule has 3 fully saturated rings. The van der Waals surface area contributed by atoms with Crippen LogP contribution < -0.4 is 10.6 Å². The molecule has 4 aliphatic rings. The highest BCUT2D eigenvalue weighted by Crippen LogP contribution is 2.65. The molecule has 7 heteroatoms. The quantitative estimate of drug-likeness (QED) is 0.705. The van der Waals surface area contributed by atoms with Crippen LogP contribution in [-0.2, 0) is 9.59 Å². The lowest BCUT2D eigenvalue weighted by Gasteiger charge is -2.58. The Morgan fingerprint density at radius 2 is 1.93 bits per heavy atom. The number of hydrogen-bond donors (Lipinski definition) is 2. The second-order valence-corrected chi connectivity index (χ2v) is 10.6. The number of rotatable bonds is 3. The SMILES string of the molecule is CC(CC(F)(F)F)NC(=O)C1CC[C@H]2[C@@H]3CCC4NC(=O)C=C[C@]4(C)[C@@H]3CC[C@]12C. The zero-order valence-corrected chi connectivity index (χ0v) is 18.0. The number of nitrogens with one attached hydrogen (secondary N) is 2. The molecule has 168 valence electrons. The van der Waals surface area contributed by atoms with E-state index in [0.29, 0.717) is 17.8 Å². The minimum atomic E-state index is -4.27. The van der Waals surface area contributed by atoms with Gasteiger partial charge in [-0.1, -0.05) is 19.9 Å². The highest BCUT2D eigenvalue weighted by atomic mass is 19.4. The van der Waals surface area contributed by atoms with Crippen LogP contribution in [0.25, 0.3) is 0 Å². The second-order valence-electron chi connectivity index (χ2n) is 10.6. The first-order chi connectivity index (χ1) is 13.9. The van der Waals surface area contributed by atoms with Crippen molar-refractivity contribution in [2.75, 3.05) is 0 Å². The van der Waals surface area contributed by atoms with Gasteiger partial charge in [0.15, 0.2) is 0 Å². The summed E-state index contributed by atoms with van der Waals surface area (Å²) in [5.41, 5.74) is -0.215. The van der Waals surface area contributed by atoms with Crippen LogP contribution in [0.2, 0.25) is 0 Å². The first-order valence-corrected chi connectivity index (χ1v) is 11.3. The molecule has 4 nitrogen and oxygen atoms in total. The molecular weight excluding hydrogens is 393 g/mol. The fourth-order valence-electron chi connectivity index (χ4n) is 7.51. The van der Waals surface area contributed by atoms with Gasteiger partial charge in [0, 0.05) is 23.4 Å². The molecule has 2 N–H and O–H groups in total. The van der Waals surface area contributed by atoms with E-state index in [4.69, 9.17) is 0 Å². The Kier molecular flexibility index (Phi) is 5.25. The van der Waals surface area contributed by atoms with Crippen LogP contribution in [0.15, 0.2) is 12.2 Å². The molecule has 3 unspecified atom stereocenters. The zero-order valence-electron chi connectivity index (χ0n) is 18.0. The van der Waals surface area contributed by atoms with E-state index in [1.165, 1.54) is 6.92 Å². The molecule has 1 aliphatic heterocycles. The van der Waals surface area contributed by atoms with Crippen molar-refractivity contribution in [3.8, 4) is 0 Å². The van der Waals surface area contributed by atoms with E-state index in [-0.39, 0.29) is 34.6 Å². The first-order valence-electron chi connectivity index (χ1n) is 11.3. The van der Waals surface area contributed by atoms with E-state index in [1.807, 2.05) is 0 Å². The number of hydrogen-bond acceptors (Lipinski definition) is 2. The van der Waals surface area contributed by atoms with Crippen LogP contribution in [0.5, 0.6) is 0 Å². The summed E-state index contributed by atoms with van der Waals surface area (Å²) < 4.78 is 38.0. The van der Waals surface area contributed by atoms with Crippen LogP contribution in [0, 0.1) is 34.5 Å². The number of amides is 2. The lowest BCUT2D eigenvalue weighted by molar-refractivity contribution is -0.144. The summed E-state index contributed by atoms with van der Waals surface area (Å²) in [6, 6.07) is -0.730. The van der Waals surface area contributed by atoms with Gasteiger partial charge >= 0.3 is 6.18 Å². The van der Waals surface area contributed by atoms with Crippen LogP contribution in [0.1, 0.15) is 65.7 Å². The Hall–Kier alpha value is -1.53. The molecule has 0 aromatic carbocycles. The number of halogens is 3. The third-order valence-electron chi connectivity index (χ3n) is 8.93. The average Bonchev–Trinajstić information content (AvgIpc) is 2.98. The smallest absolute Gasteiger partial charge is 0.353 e. The fraction of sp³-hybridized carbons (Fsp3) is 0.826. The molecule has 0 bridgehead atoms. The highest BCUT2D eigenvalue weighted by molar-refractivity contribution is 5.89. The lowest BCUT2D eigenvalue weighted by Crippen LogP contribution is -2.59. The standard InChI is InChI=1S/C23H33F3N2O2/c1-13(12-23(24,25)26)27-20(30)17-6-5-15-14-4-7-18-22(3,11-9-19(29)28-18)16(14)8-10-21(15,17)2/h9,11,13-18H,4-8,10,12H2,1-3H3,(H,27,30)(H,28,29)/t13?,14-,15-,16+,17?,18?,21-,22+/m0/s1. The summed E-state index contributed by atoms with van der Waals surface area (Å²) in [4.78, 5) is 24.8. The molecule has 0 aromatic heterocycles. The summed E-state index contributed by atoms with van der Waals surface area (Å²) in [6.45, 7) is 5.88. The normalized spacial score (nSPS) is 43.8. The van der Waals surface area contributed by atoms with Gasteiger partial charge in [-0.15, -0.1) is 0 Å². The van der Waals surface area contributed by atoms with E-state index in [2.05, 4.69) is 30.6 Å². The molecule has 4 rings (SSSR count). The molecule has 1 heterocycles. The van der Waals surface area contributed by atoms with Crippen LogP contribution in [-0.4, -0.2) is 30.1 Å². The molecule has 2 amide bonds. The lowest BCUT2D eigenvalue weighted by atomic mass is 9.48. The van der Waals surface area contributed by atoms with Crippen molar-refractivity contribution in [1.29, 1.82) is 0 Å². The van der Waals surface area contributed by atoms with Gasteiger partial charge in [-0.2, -0.15) is 13.2 Å². The molecule has 0 spiro atoms. The van der Waals surface area contributed by atoms with E-state index in [1.54, 1.807) is 6.08 Å². The summed E-state index contributed by atoms with van der Waals surface area (Å²) in [5.74, 6) is 0.939. The summed E-state index contributed by atoms with van der Waals surface area (Å²) in [6.07, 6.45) is 4.10. The molecule has 30 heavy (non-hydrogen) atoms. The Morgan fingerprint density at radius 3 is 2.63 bits per heavy atom. The van der Waals surface area contributed by atoms with E-state index in [0.717, 1.165) is 38.5 Å². The van der Waals surface area contributed by atoms with Crippen molar-refractivity contribution in [1.82, 2.24) is 10.6 Å². The molecule has 3 aliphatic carbocycles. The van der Waals surface area contributed by atoms with Crippen molar-refractivity contribution in [2.45, 2.75) is 84.0 Å². The third-order valence-corrected chi connectivity index (χ3v) is 8.93. The van der Waals surface area contributed by atoms with Crippen molar-refractivity contribution < 1.29 is 22.8 Å². The van der Waals surface area contributed by atoms with Crippen molar-refractivity contribution in [3.63, 3.8) is 0 Å². The summed E-state index contributed by atoms with van der Waals surface area (Å²) >= 11 is 0. The van der Waals surface area contributed by atoms with Gasteiger partial charge in [0.05, 0.1) is 6.42 Å². The maximum Gasteiger partial charge on any atom is 0.391 e. The van der Waals surface area contributed by atoms with Crippen LogP contribution >= 0.6 is 0 Å². The second kappa shape index (κ2) is 7.27. The maximum absolute atomic E-state index is 13.0. The zero-order chi connectivity index (χ0) is 21.9. The molecule has 0 saturated heterocycles. The summed E-state index contributed by atoms with van der Waals surface area (Å²) in [5, 5.41) is 5.80. The monoisotopic (exact) mass is 426 g/mol. The number of alkyl halides is 3. The van der Waals surface area contributed by atoms with Gasteiger partial charge in [-0.05, 0) is 74.7 Å². The molecule has 0 aromatic rings. The minimum Gasteiger partial charge on any atom is -0.353 e. The largest absolute Gasteiger partial charge is 0.391 e. The number of carbonyl (C=O) groups is 2. The topological polar surface area (TPSA) is 58.2 Å². The Balaban J connectivity index is 1.49. The average molecular weight is 427 g/mol. The van der Waals surface area contributed by atoms with E-state index >= 15 is 0 Å². The molecular formula is C23H33F3N2O2. The summed E-state index contributed by atoms with van der Waals surface area (Å²) in [7, 11) is 0. The fourth-order valence-corrected chi connectivity index (χ4v) is 7.51. The predicted octanol–water partition coefficient (Wildman–Crippen LogP) is 4.36. The third kappa shape index (κ3) is 3.56. The van der Waals surface area contributed by atoms with E-state index < -0.39 is 18.6 Å². The molecule has 8 atom stereocenters. The first kappa shape index (κ1) is 21.7. The van der Waals surface area contributed by atoms with Gasteiger partial charge in [0.2, 0.25) is 11.8 Å². The minimum absolute atomic E-state index is 0.0119.